The van der Waals surface area contributed by atoms with Crippen molar-refractivity contribution in [2.24, 2.45) is 18.4 Å². The smallest absolute Gasteiger partial charge is 0.329 e. The van der Waals surface area contributed by atoms with Gasteiger partial charge in [-0.05, 0) is 110 Å². The molecule has 14 nitrogen and oxygen atoms in total. The molecule has 3 amide bonds. The molecule has 326 valence electrons. The van der Waals surface area contributed by atoms with Crippen molar-refractivity contribution in [3.63, 3.8) is 0 Å². The number of imide groups is 1. The highest BCUT2D eigenvalue weighted by molar-refractivity contribution is 6.00. The zero-order valence-electron chi connectivity index (χ0n) is 34.6. The molecule has 17 heteroatoms. The van der Waals surface area contributed by atoms with Gasteiger partial charge in [-0.25, -0.2) is 23.5 Å². The Bertz CT molecular complexity index is 2870. The molecule has 0 bridgehead atoms. The maximum Gasteiger partial charge on any atom is 0.329 e. The molecular weight excluding hydrogens is 816 g/mol. The summed E-state index contributed by atoms with van der Waals surface area (Å²) >= 11 is 0. The number of nitrogens with zero attached hydrogens (tertiary/aromatic N) is 7. The summed E-state index contributed by atoms with van der Waals surface area (Å²) in [6.07, 6.45) is 13.7. The number of halogens is 3. The van der Waals surface area contributed by atoms with Gasteiger partial charge in [0.15, 0.2) is 17.4 Å². The topological polar surface area (TPSA) is 169 Å². The number of phenols is 1. The lowest BCUT2D eigenvalue weighted by Crippen LogP contribution is -2.46. The molecule has 2 saturated heterocycles. The van der Waals surface area contributed by atoms with E-state index in [4.69, 9.17) is 15.1 Å². The fourth-order valence-corrected chi connectivity index (χ4v) is 10.4. The number of hydrogen-bond acceptors (Lipinski definition) is 9. The minimum Gasteiger partial charge on any atom is -0.503 e. The number of carbonyl (C=O) groups is 3. The molecule has 63 heavy (non-hydrogen) atoms. The van der Waals surface area contributed by atoms with Crippen molar-refractivity contribution < 1.29 is 32.7 Å². The third-order valence-corrected chi connectivity index (χ3v) is 14.2. The molecule has 1 atom stereocenters. The van der Waals surface area contributed by atoms with Gasteiger partial charge in [-0.15, -0.1) is 0 Å². The Labute approximate surface area is 359 Å². The number of hydrogen-bond donors (Lipinski definition) is 3. The Balaban J connectivity index is 0.719. The van der Waals surface area contributed by atoms with E-state index in [2.05, 4.69) is 27.7 Å². The fraction of sp³-hybridized carbons (Fsp3) is 0.413. The number of aryl methyl sites for hydroxylation is 1. The lowest BCUT2D eigenvalue weighted by atomic mass is 9.56. The van der Waals surface area contributed by atoms with E-state index in [1.165, 1.54) is 10.1 Å². The van der Waals surface area contributed by atoms with Crippen LogP contribution in [-0.2, 0) is 16.6 Å². The van der Waals surface area contributed by atoms with Gasteiger partial charge >= 0.3 is 5.69 Å². The number of carbonyl (C=O) groups excluding carboxylic acids is 3. The Morgan fingerprint density at radius 1 is 0.905 bits per heavy atom. The number of nitrogens with one attached hydrogen (secondary N) is 2. The predicted molar refractivity (Wildman–Crippen MR) is 227 cm³/mol. The second-order valence-electron chi connectivity index (χ2n) is 17.9. The van der Waals surface area contributed by atoms with Crippen LogP contribution >= 0.6 is 0 Å². The van der Waals surface area contributed by atoms with E-state index in [1.807, 2.05) is 47.5 Å². The summed E-state index contributed by atoms with van der Waals surface area (Å²) in [5, 5.41) is 20.1. The largest absolute Gasteiger partial charge is 0.503 e. The van der Waals surface area contributed by atoms with Crippen molar-refractivity contribution in [1.82, 2.24) is 39.5 Å². The Hall–Kier alpha value is -6.52. The van der Waals surface area contributed by atoms with Gasteiger partial charge in [-0.1, -0.05) is 18.2 Å². The van der Waals surface area contributed by atoms with Crippen LogP contribution in [0.2, 0.25) is 0 Å². The van der Waals surface area contributed by atoms with Crippen LogP contribution in [0.3, 0.4) is 0 Å². The zero-order valence-corrected chi connectivity index (χ0v) is 34.6. The summed E-state index contributed by atoms with van der Waals surface area (Å²) in [6.45, 7) is 1.98. The third-order valence-electron chi connectivity index (χ3n) is 14.2. The maximum absolute atomic E-state index is 14.2. The number of aromatic nitrogens is 6. The minimum absolute atomic E-state index is 0.110. The third kappa shape index (κ3) is 7.30. The van der Waals surface area contributed by atoms with E-state index in [-0.39, 0.29) is 41.9 Å². The van der Waals surface area contributed by atoms with E-state index in [0.29, 0.717) is 29.9 Å². The highest BCUT2D eigenvalue weighted by Gasteiger charge is 2.46. The van der Waals surface area contributed by atoms with Gasteiger partial charge < -0.3 is 15.3 Å². The molecule has 1 spiro atoms. The molecule has 6 aromatic rings. The summed E-state index contributed by atoms with van der Waals surface area (Å²) in [5.74, 6) is -6.67. The first-order valence-electron chi connectivity index (χ1n) is 21.6. The fourth-order valence-electron chi connectivity index (χ4n) is 10.4. The molecule has 4 aliphatic rings. The number of rotatable bonds is 8. The highest BCUT2D eigenvalue weighted by Crippen LogP contribution is 2.57. The number of piperidine rings is 2. The average Bonchev–Trinajstić information content (AvgIpc) is 3.82. The lowest BCUT2D eigenvalue weighted by molar-refractivity contribution is -0.135. The first-order valence-corrected chi connectivity index (χ1v) is 21.6. The standard InChI is InChI=1S/C46H46F3N9O5/c1-55-37-17-27(6-9-35(37)58(45(55)63)36-10-11-38(59)53-43(36)62)29-19-46(20-29)12-14-56(15-13-46)44-51-22-30(23-52-44)26-4-5-28-24-57(54-34(28)16-26)31-7-2-25(3-8-31)21-50-42(61)32-18-33(47)41(60)40(49)39(32)48/h4-6,9,16-18,22-25,29,31,36,60H,2-3,7-8,10-15,19-21H2,1H3,(H,50,61)(H,53,59,62)/t25?,31?,36-/m1/s1. The molecule has 0 radical (unpaired) electrons. The van der Waals surface area contributed by atoms with Crippen LogP contribution < -0.4 is 21.2 Å². The molecule has 3 aromatic heterocycles. The molecule has 3 N–H and O–H groups in total. The van der Waals surface area contributed by atoms with E-state index in [1.54, 1.807) is 11.6 Å². The molecule has 2 aliphatic heterocycles. The molecule has 10 rings (SSSR count). The lowest BCUT2D eigenvalue weighted by Gasteiger charge is -2.52. The van der Waals surface area contributed by atoms with Crippen LogP contribution in [0.15, 0.2) is 65.8 Å². The van der Waals surface area contributed by atoms with Crippen LogP contribution in [0.1, 0.15) is 98.1 Å². The quantitative estimate of drug-likeness (QED) is 0.113. The monoisotopic (exact) mass is 861 g/mol. The van der Waals surface area contributed by atoms with Crippen molar-refractivity contribution in [3.05, 3.63) is 100 Å². The van der Waals surface area contributed by atoms with E-state index >= 15 is 0 Å². The molecular formula is C46H46F3N9O5. The van der Waals surface area contributed by atoms with Gasteiger partial charge in [0, 0.05) is 62.6 Å². The number of anilines is 1. The SMILES string of the molecule is Cn1c(=O)n([C@@H]2CCC(=O)NC2=O)c2ccc(C3CC4(CCN(c5ncc(-c6ccc7cn(C8CCC(CNC(=O)c9cc(F)c(O)c(F)c9F)CC8)nc7c6)cn5)CC4)C3)cc21. The second-order valence-corrected chi connectivity index (χ2v) is 17.9. The highest BCUT2D eigenvalue weighted by atomic mass is 19.2. The van der Waals surface area contributed by atoms with Crippen LogP contribution in [0.4, 0.5) is 19.1 Å². The molecule has 2 aliphatic carbocycles. The Morgan fingerprint density at radius 2 is 1.65 bits per heavy atom. The predicted octanol–water partition coefficient (Wildman–Crippen LogP) is 6.57. The number of aromatic hydroxyl groups is 1. The minimum atomic E-state index is -1.79. The Kier molecular flexibility index (Phi) is 10.1. The molecule has 2 saturated carbocycles. The molecule has 5 heterocycles. The number of phenolic OH excluding ortho intramolecular Hbond substituents is 1. The van der Waals surface area contributed by atoms with Gasteiger partial charge in [-0.2, -0.15) is 9.49 Å². The normalized spacial score (nSPS) is 21.5. The van der Waals surface area contributed by atoms with Crippen molar-refractivity contribution in [2.45, 2.75) is 82.2 Å². The van der Waals surface area contributed by atoms with Crippen molar-refractivity contribution in [3.8, 4) is 16.9 Å². The van der Waals surface area contributed by atoms with Gasteiger partial charge in [0.05, 0.1) is 28.2 Å². The van der Waals surface area contributed by atoms with Crippen LogP contribution in [0.5, 0.6) is 5.75 Å². The average molecular weight is 862 g/mol. The van der Waals surface area contributed by atoms with Gasteiger partial charge in [0.1, 0.15) is 6.04 Å². The van der Waals surface area contributed by atoms with Crippen LogP contribution in [0.25, 0.3) is 33.1 Å². The summed E-state index contributed by atoms with van der Waals surface area (Å²) in [6, 6.07) is 12.2. The molecule has 4 fully saturated rings. The summed E-state index contributed by atoms with van der Waals surface area (Å²) in [5.41, 5.74) is 4.64. The number of fused-ring (bicyclic) bond motifs is 2. The van der Waals surface area contributed by atoms with E-state index < -0.39 is 46.6 Å². The van der Waals surface area contributed by atoms with E-state index in [9.17, 15) is 37.5 Å². The van der Waals surface area contributed by atoms with Gasteiger partial charge in [0.25, 0.3) is 5.91 Å². The summed E-state index contributed by atoms with van der Waals surface area (Å²) in [7, 11) is 1.73. The maximum atomic E-state index is 14.2. The number of benzene rings is 3. The zero-order chi connectivity index (χ0) is 43.7. The second kappa shape index (κ2) is 15.7. The number of imidazole rings is 1. The van der Waals surface area contributed by atoms with Crippen LogP contribution in [-0.4, -0.2) is 71.3 Å². The van der Waals surface area contributed by atoms with Crippen molar-refractivity contribution in [1.29, 1.82) is 0 Å². The summed E-state index contributed by atoms with van der Waals surface area (Å²) < 4.78 is 46.8. The number of amides is 3. The summed E-state index contributed by atoms with van der Waals surface area (Å²) in [4.78, 5) is 61.9. The molecule has 0 unspecified atom stereocenters. The van der Waals surface area contributed by atoms with Crippen molar-refractivity contribution >= 4 is 45.6 Å². The van der Waals surface area contributed by atoms with Gasteiger partial charge in [-0.3, -0.25) is 33.5 Å². The van der Waals surface area contributed by atoms with Crippen LogP contribution in [0, 0.1) is 28.8 Å². The molecule has 3 aromatic carbocycles. The first kappa shape index (κ1) is 40.5. The first-order chi connectivity index (χ1) is 30.3. The van der Waals surface area contributed by atoms with Crippen molar-refractivity contribution in [2.75, 3.05) is 24.5 Å². The Morgan fingerprint density at radius 3 is 2.38 bits per heavy atom. The van der Waals surface area contributed by atoms with Gasteiger partial charge in [0.2, 0.25) is 23.6 Å². The van der Waals surface area contributed by atoms with E-state index in [0.717, 1.165) is 92.0 Å².